The molecule has 0 aliphatic heterocycles. The summed E-state index contributed by atoms with van der Waals surface area (Å²) in [5, 5.41) is 3.33. The highest BCUT2D eigenvalue weighted by molar-refractivity contribution is 7.92. The predicted molar refractivity (Wildman–Crippen MR) is 153 cm³/mol. The van der Waals surface area contributed by atoms with Gasteiger partial charge in [-0.1, -0.05) is 90.8 Å². The van der Waals surface area contributed by atoms with Crippen LogP contribution in [0, 0.1) is 0 Å². The number of amides is 2. The average molecular weight is 577 g/mol. The topological polar surface area (TPSA) is 86.8 Å². The van der Waals surface area contributed by atoms with Crippen LogP contribution in [0.1, 0.15) is 24.5 Å². The molecular formula is C28H31Cl2N3O4S. The Morgan fingerprint density at radius 3 is 2.08 bits per heavy atom. The zero-order valence-electron chi connectivity index (χ0n) is 21.3. The second kappa shape index (κ2) is 13.6. The number of nitrogens with zero attached hydrogens (tertiary/aromatic N) is 2. The minimum atomic E-state index is -3.92. The number of sulfonamides is 1. The molecule has 0 aliphatic carbocycles. The summed E-state index contributed by atoms with van der Waals surface area (Å²) in [6.07, 6.45) is 1.99. The maximum atomic E-state index is 13.9. The first-order chi connectivity index (χ1) is 18.1. The molecule has 2 amide bonds. The van der Waals surface area contributed by atoms with Crippen LogP contribution in [0.5, 0.6) is 0 Å². The van der Waals surface area contributed by atoms with Crippen LogP contribution in [-0.4, -0.2) is 50.5 Å². The summed E-state index contributed by atoms with van der Waals surface area (Å²) >= 11 is 12.3. The number of rotatable bonds is 12. The summed E-state index contributed by atoms with van der Waals surface area (Å²) < 4.78 is 26.6. The second-order valence-electron chi connectivity index (χ2n) is 8.87. The zero-order valence-corrected chi connectivity index (χ0v) is 23.6. The summed E-state index contributed by atoms with van der Waals surface area (Å²) in [6, 6.07) is 22.2. The third-order valence-electron chi connectivity index (χ3n) is 5.87. The summed E-state index contributed by atoms with van der Waals surface area (Å²) in [5.41, 5.74) is 1.80. The van der Waals surface area contributed by atoms with Crippen molar-refractivity contribution in [1.82, 2.24) is 10.2 Å². The fourth-order valence-electron chi connectivity index (χ4n) is 3.98. The average Bonchev–Trinajstić information content (AvgIpc) is 2.88. The molecule has 7 nitrogen and oxygen atoms in total. The van der Waals surface area contributed by atoms with Gasteiger partial charge in [0, 0.05) is 24.5 Å². The normalized spacial score (nSPS) is 12.0. The van der Waals surface area contributed by atoms with E-state index in [1.165, 1.54) is 23.1 Å². The Bertz CT molecular complexity index is 1340. The maximum absolute atomic E-state index is 13.9. The van der Waals surface area contributed by atoms with Crippen molar-refractivity contribution >= 4 is 50.7 Å². The Kier molecular flexibility index (Phi) is 10.6. The Morgan fingerprint density at radius 2 is 1.53 bits per heavy atom. The molecule has 1 unspecified atom stereocenters. The van der Waals surface area contributed by atoms with Gasteiger partial charge in [-0.05, 0) is 35.7 Å². The molecule has 3 rings (SSSR count). The van der Waals surface area contributed by atoms with Crippen molar-refractivity contribution in [1.29, 1.82) is 0 Å². The molecule has 38 heavy (non-hydrogen) atoms. The SMILES string of the molecule is CCCNC(=O)C(Cc1ccccc1)N(Cc1ccccc1)C(=O)CN(c1ccc(Cl)cc1Cl)S(C)(=O)=O. The van der Waals surface area contributed by atoms with Crippen LogP contribution < -0.4 is 9.62 Å². The molecule has 0 fully saturated rings. The number of benzene rings is 3. The quantitative estimate of drug-likeness (QED) is 0.332. The highest BCUT2D eigenvalue weighted by Crippen LogP contribution is 2.30. The predicted octanol–water partition coefficient (Wildman–Crippen LogP) is 4.93. The Labute approximate surface area is 234 Å². The van der Waals surface area contributed by atoms with Crippen molar-refractivity contribution in [3.8, 4) is 0 Å². The molecule has 0 radical (unpaired) electrons. The summed E-state index contributed by atoms with van der Waals surface area (Å²) in [6.45, 7) is 1.97. The van der Waals surface area contributed by atoms with Gasteiger partial charge in [0.1, 0.15) is 12.6 Å². The van der Waals surface area contributed by atoms with Crippen molar-refractivity contribution in [3.63, 3.8) is 0 Å². The Balaban J connectivity index is 2.04. The van der Waals surface area contributed by atoms with Gasteiger partial charge < -0.3 is 10.2 Å². The van der Waals surface area contributed by atoms with Gasteiger partial charge in [-0.2, -0.15) is 0 Å². The Morgan fingerprint density at radius 1 is 0.921 bits per heavy atom. The summed E-state index contributed by atoms with van der Waals surface area (Å²) in [7, 11) is -3.92. The summed E-state index contributed by atoms with van der Waals surface area (Å²) in [5.74, 6) is -0.853. The van der Waals surface area contributed by atoms with Gasteiger partial charge in [-0.15, -0.1) is 0 Å². The van der Waals surface area contributed by atoms with Gasteiger partial charge in [0.15, 0.2) is 0 Å². The lowest BCUT2D eigenvalue weighted by Crippen LogP contribution is -2.53. The first-order valence-electron chi connectivity index (χ1n) is 12.2. The van der Waals surface area contributed by atoms with E-state index in [9.17, 15) is 18.0 Å². The van der Waals surface area contributed by atoms with E-state index in [0.717, 1.165) is 28.1 Å². The lowest BCUT2D eigenvalue weighted by molar-refractivity contribution is -0.140. The van der Waals surface area contributed by atoms with Crippen LogP contribution in [-0.2, 0) is 32.6 Å². The van der Waals surface area contributed by atoms with Crippen LogP contribution >= 0.6 is 23.2 Å². The molecule has 0 heterocycles. The van der Waals surface area contributed by atoms with Crippen molar-refractivity contribution in [2.45, 2.75) is 32.4 Å². The molecule has 3 aromatic carbocycles. The number of carbonyl (C=O) groups excluding carboxylic acids is 2. The van der Waals surface area contributed by atoms with E-state index in [2.05, 4.69) is 5.32 Å². The monoisotopic (exact) mass is 575 g/mol. The van der Waals surface area contributed by atoms with Crippen LogP contribution in [0.25, 0.3) is 0 Å². The minimum Gasteiger partial charge on any atom is -0.354 e. The largest absolute Gasteiger partial charge is 0.354 e. The van der Waals surface area contributed by atoms with E-state index < -0.39 is 28.5 Å². The molecular weight excluding hydrogens is 545 g/mol. The number of hydrogen-bond acceptors (Lipinski definition) is 4. The van der Waals surface area contributed by atoms with Crippen LogP contribution in [0.15, 0.2) is 78.9 Å². The van der Waals surface area contributed by atoms with E-state index in [1.807, 2.05) is 67.6 Å². The molecule has 0 bridgehead atoms. The first kappa shape index (κ1) is 29.5. The van der Waals surface area contributed by atoms with Crippen LogP contribution in [0.2, 0.25) is 10.0 Å². The second-order valence-corrected chi connectivity index (χ2v) is 11.6. The molecule has 1 N–H and O–H groups in total. The van der Waals surface area contributed by atoms with Gasteiger partial charge in [-0.25, -0.2) is 8.42 Å². The fourth-order valence-corrected chi connectivity index (χ4v) is 5.40. The molecule has 202 valence electrons. The number of nitrogens with one attached hydrogen (secondary N) is 1. The molecule has 10 heteroatoms. The lowest BCUT2D eigenvalue weighted by Gasteiger charge is -2.33. The third-order valence-corrected chi connectivity index (χ3v) is 7.54. The molecule has 0 aromatic heterocycles. The number of anilines is 1. The van der Waals surface area contributed by atoms with Crippen molar-refractivity contribution in [2.75, 3.05) is 23.7 Å². The standard InChI is InChI=1S/C28H31Cl2N3O4S/c1-3-16-31-28(35)26(17-21-10-6-4-7-11-21)32(19-22-12-8-5-9-13-22)27(34)20-33(38(2,36)37)25-15-14-23(29)18-24(25)30/h4-15,18,26H,3,16-17,19-20H2,1-2H3,(H,31,35). The zero-order chi connectivity index (χ0) is 27.7. The number of hydrogen-bond donors (Lipinski definition) is 1. The van der Waals surface area contributed by atoms with E-state index in [0.29, 0.717) is 11.6 Å². The Hall–Kier alpha value is -3.07. The number of carbonyl (C=O) groups is 2. The fraction of sp³-hybridized carbons (Fsp3) is 0.286. The third kappa shape index (κ3) is 8.21. The van der Waals surface area contributed by atoms with Gasteiger partial charge in [0.05, 0.1) is 17.0 Å². The maximum Gasteiger partial charge on any atom is 0.244 e. The lowest BCUT2D eigenvalue weighted by atomic mass is 10.0. The first-order valence-corrected chi connectivity index (χ1v) is 14.8. The van der Waals surface area contributed by atoms with Gasteiger partial charge in [0.25, 0.3) is 0 Å². The number of halogens is 2. The highest BCUT2D eigenvalue weighted by Gasteiger charge is 2.33. The van der Waals surface area contributed by atoms with Crippen LogP contribution in [0.3, 0.4) is 0 Å². The highest BCUT2D eigenvalue weighted by atomic mass is 35.5. The van der Waals surface area contributed by atoms with Crippen molar-refractivity contribution in [3.05, 3.63) is 100 Å². The molecule has 0 saturated carbocycles. The minimum absolute atomic E-state index is 0.0897. The van der Waals surface area contributed by atoms with E-state index >= 15 is 0 Å². The van der Waals surface area contributed by atoms with Gasteiger partial charge in [-0.3, -0.25) is 13.9 Å². The summed E-state index contributed by atoms with van der Waals surface area (Å²) in [4.78, 5) is 28.8. The van der Waals surface area contributed by atoms with E-state index in [4.69, 9.17) is 23.2 Å². The van der Waals surface area contributed by atoms with Gasteiger partial charge in [0.2, 0.25) is 21.8 Å². The molecule has 0 spiro atoms. The smallest absolute Gasteiger partial charge is 0.244 e. The molecule has 0 saturated heterocycles. The van der Waals surface area contributed by atoms with E-state index in [1.54, 1.807) is 0 Å². The molecule has 0 aliphatic rings. The van der Waals surface area contributed by atoms with Crippen LogP contribution in [0.4, 0.5) is 5.69 Å². The van der Waals surface area contributed by atoms with Crippen molar-refractivity contribution in [2.24, 2.45) is 0 Å². The van der Waals surface area contributed by atoms with Crippen molar-refractivity contribution < 1.29 is 18.0 Å². The molecule has 1 atom stereocenters. The molecule has 3 aromatic rings. The van der Waals surface area contributed by atoms with Gasteiger partial charge >= 0.3 is 0 Å². The van der Waals surface area contributed by atoms with E-state index in [-0.39, 0.29) is 29.6 Å².